The van der Waals surface area contributed by atoms with Crippen molar-refractivity contribution in [3.05, 3.63) is 35.9 Å². The molecule has 8 heteroatoms. The highest BCUT2D eigenvalue weighted by molar-refractivity contribution is 5.84. The molecule has 8 nitrogen and oxygen atoms in total. The summed E-state index contributed by atoms with van der Waals surface area (Å²) in [6.45, 7) is 0.691. The van der Waals surface area contributed by atoms with Crippen LogP contribution in [-0.2, 0) is 25.7 Å². The van der Waals surface area contributed by atoms with E-state index in [-0.39, 0.29) is 18.9 Å². The molecule has 0 fully saturated rings. The molecule has 1 aromatic rings. The molecule has 0 bridgehead atoms. The lowest BCUT2D eigenvalue weighted by Gasteiger charge is -2.15. The summed E-state index contributed by atoms with van der Waals surface area (Å²) in [5.74, 6) is -0.734. The Kier molecular flexibility index (Phi) is 12.3. The molecule has 0 saturated heterocycles. The fourth-order valence-corrected chi connectivity index (χ4v) is 2.59. The number of unbranched alkanes of at least 4 members (excludes halogenated alkanes) is 3. The second kappa shape index (κ2) is 14.9. The predicted octanol–water partition coefficient (Wildman–Crippen LogP) is 2.82. The Bertz CT molecular complexity index is 673. The second-order valence-electron chi connectivity index (χ2n) is 6.49. The zero-order chi connectivity index (χ0) is 21.3. The van der Waals surface area contributed by atoms with Crippen molar-refractivity contribution < 1.29 is 23.9 Å². The smallest absolute Gasteiger partial charge is 0.407 e. The quantitative estimate of drug-likeness (QED) is 0.386. The van der Waals surface area contributed by atoms with Gasteiger partial charge >= 0.3 is 12.1 Å². The maximum absolute atomic E-state index is 12.0. The van der Waals surface area contributed by atoms with Gasteiger partial charge in [-0.2, -0.15) is 5.26 Å². The molecule has 1 rings (SSSR count). The minimum atomic E-state index is -0.720. The first-order chi connectivity index (χ1) is 14.1. The molecule has 0 saturated carbocycles. The van der Waals surface area contributed by atoms with E-state index in [0.717, 1.165) is 18.4 Å². The fourth-order valence-electron chi connectivity index (χ4n) is 2.59. The molecule has 1 aromatic carbocycles. The monoisotopic (exact) mass is 403 g/mol. The Labute approximate surface area is 171 Å². The third-order valence-corrected chi connectivity index (χ3v) is 4.17. The van der Waals surface area contributed by atoms with Gasteiger partial charge in [0.25, 0.3) is 0 Å². The van der Waals surface area contributed by atoms with Crippen LogP contribution in [0.5, 0.6) is 0 Å². The van der Waals surface area contributed by atoms with E-state index in [0.29, 0.717) is 32.2 Å². The number of benzene rings is 1. The Balaban J connectivity index is 2.11. The SMILES string of the molecule is COC(=O)[C@H](CCCC#N)NC(=O)CCCCCNC(=O)OCc1ccccc1. The average molecular weight is 403 g/mol. The number of hydrogen-bond donors (Lipinski definition) is 2. The van der Waals surface area contributed by atoms with Crippen molar-refractivity contribution in [2.24, 2.45) is 0 Å². The zero-order valence-electron chi connectivity index (χ0n) is 16.8. The first kappa shape index (κ1) is 24.0. The number of esters is 1. The van der Waals surface area contributed by atoms with Gasteiger partial charge in [-0.15, -0.1) is 0 Å². The van der Waals surface area contributed by atoms with E-state index in [1.165, 1.54) is 7.11 Å². The van der Waals surface area contributed by atoms with Crippen molar-refractivity contribution in [1.82, 2.24) is 10.6 Å². The predicted molar refractivity (Wildman–Crippen MR) is 107 cm³/mol. The van der Waals surface area contributed by atoms with E-state index < -0.39 is 18.1 Å². The maximum atomic E-state index is 12.0. The van der Waals surface area contributed by atoms with Crippen LogP contribution in [0.3, 0.4) is 0 Å². The summed E-state index contributed by atoms with van der Waals surface area (Å²) in [7, 11) is 1.27. The summed E-state index contributed by atoms with van der Waals surface area (Å²) in [5, 5.41) is 13.9. The molecule has 0 radical (unpaired) electrons. The first-order valence-electron chi connectivity index (χ1n) is 9.75. The lowest BCUT2D eigenvalue weighted by molar-refractivity contribution is -0.145. The van der Waals surface area contributed by atoms with Gasteiger partial charge in [-0.1, -0.05) is 36.8 Å². The van der Waals surface area contributed by atoms with Gasteiger partial charge < -0.3 is 20.1 Å². The first-order valence-corrected chi connectivity index (χ1v) is 9.75. The summed E-state index contributed by atoms with van der Waals surface area (Å²) in [6.07, 6.45) is 3.14. The zero-order valence-corrected chi connectivity index (χ0v) is 16.8. The van der Waals surface area contributed by atoms with Gasteiger partial charge in [0.05, 0.1) is 13.2 Å². The Morgan fingerprint density at radius 2 is 1.86 bits per heavy atom. The van der Waals surface area contributed by atoms with Crippen LogP contribution in [0.4, 0.5) is 4.79 Å². The van der Waals surface area contributed by atoms with E-state index in [1.807, 2.05) is 36.4 Å². The van der Waals surface area contributed by atoms with Crippen LogP contribution in [0.2, 0.25) is 0 Å². The van der Waals surface area contributed by atoms with Crippen LogP contribution < -0.4 is 10.6 Å². The Morgan fingerprint density at radius 3 is 2.55 bits per heavy atom. The standard InChI is InChI=1S/C21H29N3O5/c1-28-20(26)18(12-7-8-14-22)24-19(25)13-6-3-9-15-23-21(27)29-16-17-10-4-2-5-11-17/h2,4-5,10-11,18H,3,6-9,12-13,15-16H2,1H3,(H,23,27)(H,24,25)/t18-/m0/s1. The van der Waals surface area contributed by atoms with Crippen LogP contribution in [0, 0.1) is 11.3 Å². The Hall–Kier alpha value is -3.08. The van der Waals surface area contributed by atoms with E-state index in [4.69, 9.17) is 10.00 Å². The minimum absolute atomic E-state index is 0.225. The summed E-state index contributed by atoms with van der Waals surface area (Å²) in [4.78, 5) is 35.3. The normalized spacial score (nSPS) is 11.0. The van der Waals surface area contributed by atoms with Gasteiger partial charge in [0.2, 0.25) is 5.91 Å². The third kappa shape index (κ3) is 11.4. The van der Waals surface area contributed by atoms with E-state index in [1.54, 1.807) is 0 Å². The van der Waals surface area contributed by atoms with E-state index in [2.05, 4.69) is 15.4 Å². The van der Waals surface area contributed by atoms with Gasteiger partial charge in [0.1, 0.15) is 12.6 Å². The third-order valence-electron chi connectivity index (χ3n) is 4.17. The summed E-state index contributed by atoms with van der Waals surface area (Å²) < 4.78 is 9.80. The number of amides is 2. The van der Waals surface area contributed by atoms with E-state index >= 15 is 0 Å². The minimum Gasteiger partial charge on any atom is -0.467 e. The number of carbonyl (C=O) groups excluding carboxylic acids is 3. The molecule has 0 heterocycles. The highest BCUT2D eigenvalue weighted by Gasteiger charge is 2.20. The Morgan fingerprint density at radius 1 is 1.10 bits per heavy atom. The molecule has 0 spiro atoms. The molecule has 29 heavy (non-hydrogen) atoms. The molecule has 2 amide bonds. The fraction of sp³-hybridized carbons (Fsp3) is 0.524. The van der Waals surface area contributed by atoms with E-state index in [9.17, 15) is 14.4 Å². The van der Waals surface area contributed by atoms with Gasteiger partial charge in [0.15, 0.2) is 0 Å². The molecule has 0 aliphatic rings. The summed E-state index contributed by atoms with van der Waals surface area (Å²) >= 11 is 0. The van der Waals surface area contributed by atoms with Crippen molar-refractivity contribution in [3.63, 3.8) is 0 Å². The number of nitrogens with one attached hydrogen (secondary N) is 2. The number of rotatable bonds is 13. The molecule has 0 aliphatic carbocycles. The number of alkyl carbamates (subject to hydrolysis) is 1. The summed E-state index contributed by atoms with van der Waals surface area (Å²) in [6, 6.07) is 10.7. The molecule has 0 aliphatic heterocycles. The van der Waals surface area contributed by atoms with Crippen molar-refractivity contribution in [2.45, 2.75) is 57.6 Å². The number of nitrogens with zero attached hydrogens (tertiary/aromatic N) is 1. The highest BCUT2D eigenvalue weighted by Crippen LogP contribution is 2.05. The van der Waals surface area contributed by atoms with Crippen molar-refractivity contribution in [1.29, 1.82) is 5.26 Å². The van der Waals surface area contributed by atoms with Crippen LogP contribution >= 0.6 is 0 Å². The van der Waals surface area contributed by atoms with Gasteiger partial charge in [0, 0.05) is 19.4 Å². The van der Waals surface area contributed by atoms with Crippen LogP contribution in [0.15, 0.2) is 30.3 Å². The highest BCUT2D eigenvalue weighted by atomic mass is 16.5. The number of carbonyl (C=O) groups is 3. The van der Waals surface area contributed by atoms with Crippen molar-refractivity contribution >= 4 is 18.0 Å². The van der Waals surface area contributed by atoms with Crippen LogP contribution in [0.1, 0.15) is 50.5 Å². The molecule has 1 atom stereocenters. The van der Waals surface area contributed by atoms with Crippen LogP contribution in [0.25, 0.3) is 0 Å². The van der Waals surface area contributed by atoms with Gasteiger partial charge in [-0.25, -0.2) is 9.59 Å². The average Bonchev–Trinajstić information content (AvgIpc) is 2.74. The van der Waals surface area contributed by atoms with Crippen LogP contribution in [-0.4, -0.2) is 37.7 Å². The van der Waals surface area contributed by atoms with Gasteiger partial charge in [-0.05, 0) is 31.2 Å². The molecular formula is C21H29N3O5. The number of nitriles is 1. The molecule has 0 aromatic heterocycles. The molecule has 0 unspecified atom stereocenters. The number of ether oxygens (including phenoxy) is 2. The lowest BCUT2D eigenvalue weighted by Crippen LogP contribution is -2.41. The summed E-state index contributed by atoms with van der Waals surface area (Å²) in [5.41, 5.74) is 0.923. The maximum Gasteiger partial charge on any atom is 0.407 e. The molecular weight excluding hydrogens is 374 g/mol. The lowest BCUT2D eigenvalue weighted by atomic mass is 10.1. The number of methoxy groups -OCH3 is 1. The van der Waals surface area contributed by atoms with Gasteiger partial charge in [-0.3, -0.25) is 4.79 Å². The largest absolute Gasteiger partial charge is 0.467 e. The molecule has 2 N–H and O–H groups in total. The topological polar surface area (TPSA) is 118 Å². The second-order valence-corrected chi connectivity index (χ2v) is 6.49. The van der Waals surface area contributed by atoms with Crippen molar-refractivity contribution in [2.75, 3.05) is 13.7 Å². The molecule has 158 valence electrons. The van der Waals surface area contributed by atoms with Crippen molar-refractivity contribution in [3.8, 4) is 6.07 Å². The number of hydrogen-bond acceptors (Lipinski definition) is 6.